The topological polar surface area (TPSA) is 102 Å². The van der Waals surface area contributed by atoms with Crippen molar-refractivity contribution in [3.05, 3.63) is 33.9 Å². The minimum atomic E-state index is -0.759. The molecule has 1 heterocycles. The van der Waals surface area contributed by atoms with E-state index < -0.39 is 23.4 Å². The number of carbonyl (C=O) groups excluding carboxylic acids is 2. The number of nitro benzene ring substituents is 1. The van der Waals surface area contributed by atoms with Gasteiger partial charge in [0.15, 0.2) is 6.61 Å². The molecule has 8 heteroatoms. The molecule has 8 nitrogen and oxygen atoms in total. The van der Waals surface area contributed by atoms with E-state index in [0.717, 1.165) is 25.9 Å². The van der Waals surface area contributed by atoms with Crippen molar-refractivity contribution in [2.45, 2.75) is 39.7 Å². The molecular weight excluding hydrogens is 338 g/mol. The van der Waals surface area contributed by atoms with Crippen LogP contribution in [0.4, 0.5) is 11.4 Å². The number of rotatable bonds is 6. The molecule has 1 atom stereocenters. The fraction of sp³-hybridized carbons (Fsp3) is 0.556. The lowest BCUT2D eigenvalue weighted by atomic mass is 9.99. The van der Waals surface area contributed by atoms with Crippen molar-refractivity contribution in [2.75, 3.05) is 24.6 Å². The number of anilines is 1. The molecule has 1 amide bonds. The molecule has 0 unspecified atom stereocenters. The van der Waals surface area contributed by atoms with Crippen LogP contribution in [0, 0.1) is 16.0 Å². The van der Waals surface area contributed by atoms with E-state index in [0.29, 0.717) is 11.6 Å². The molecule has 1 fully saturated rings. The van der Waals surface area contributed by atoms with Crippen molar-refractivity contribution in [1.29, 1.82) is 0 Å². The van der Waals surface area contributed by atoms with Crippen LogP contribution >= 0.6 is 0 Å². The average molecular weight is 363 g/mol. The fourth-order valence-electron chi connectivity index (χ4n) is 3.05. The Labute approximate surface area is 152 Å². The standard InChI is InChI=1S/C18H25N3O5/c1-12(2)19-17(22)11-26-18(23)14-6-7-15(16(9-14)21(24)25)20-8-4-5-13(3)10-20/h6-7,9,12-13H,4-5,8,10-11H2,1-3H3,(H,19,22)/t13-/m0/s1. The molecule has 1 aliphatic rings. The van der Waals surface area contributed by atoms with Gasteiger partial charge in [0, 0.05) is 25.2 Å². The van der Waals surface area contributed by atoms with Crippen molar-refractivity contribution in [3.8, 4) is 0 Å². The van der Waals surface area contributed by atoms with Crippen LogP contribution < -0.4 is 10.2 Å². The van der Waals surface area contributed by atoms with E-state index in [2.05, 4.69) is 12.2 Å². The number of benzene rings is 1. The Kier molecular flexibility index (Phi) is 6.54. The first kappa shape index (κ1) is 19.7. The first-order chi connectivity index (χ1) is 12.3. The summed E-state index contributed by atoms with van der Waals surface area (Å²) in [6, 6.07) is 4.25. The zero-order valence-electron chi connectivity index (χ0n) is 15.4. The maximum atomic E-state index is 12.1. The Morgan fingerprint density at radius 3 is 2.77 bits per heavy atom. The molecule has 0 aliphatic carbocycles. The number of hydrogen-bond donors (Lipinski definition) is 1. The first-order valence-corrected chi connectivity index (χ1v) is 8.77. The van der Waals surface area contributed by atoms with Gasteiger partial charge in [0.1, 0.15) is 5.69 Å². The van der Waals surface area contributed by atoms with Gasteiger partial charge in [-0.2, -0.15) is 0 Å². The third kappa shape index (κ3) is 5.18. The Morgan fingerprint density at radius 2 is 2.15 bits per heavy atom. The Hall–Kier alpha value is -2.64. The molecule has 0 aromatic heterocycles. The molecule has 1 aromatic carbocycles. The highest BCUT2D eigenvalue weighted by molar-refractivity contribution is 5.93. The second-order valence-electron chi connectivity index (χ2n) is 6.95. The third-order valence-corrected chi connectivity index (χ3v) is 4.19. The predicted octanol–water partition coefficient (Wildman–Crippen LogP) is 2.51. The van der Waals surface area contributed by atoms with Crippen LogP contribution in [0.25, 0.3) is 0 Å². The summed E-state index contributed by atoms with van der Waals surface area (Å²) in [4.78, 5) is 36.6. The third-order valence-electron chi connectivity index (χ3n) is 4.19. The van der Waals surface area contributed by atoms with Crippen LogP contribution in [0.3, 0.4) is 0 Å². The number of nitrogens with zero attached hydrogens (tertiary/aromatic N) is 2. The van der Waals surface area contributed by atoms with Crippen LogP contribution in [0.5, 0.6) is 0 Å². The number of esters is 1. The SMILES string of the molecule is CC(C)NC(=O)COC(=O)c1ccc(N2CCC[C@H](C)C2)c([N+](=O)[O-])c1. The summed E-state index contributed by atoms with van der Waals surface area (Å²) in [6.45, 7) is 6.79. The minimum absolute atomic E-state index is 0.0582. The highest BCUT2D eigenvalue weighted by Gasteiger charge is 2.25. The predicted molar refractivity (Wildman–Crippen MR) is 97.3 cm³/mol. The molecule has 142 valence electrons. The second-order valence-corrected chi connectivity index (χ2v) is 6.95. The minimum Gasteiger partial charge on any atom is -0.452 e. The molecule has 0 bridgehead atoms. The lowest BCUT2D eigenvalue weighted by Crippen LogP contribution is -2.34. The molecular formula is C18H25N3O5. The maximum absolute atomic E-state index is 12.1. The molecule has 1 saturated heterocycles. The zero-order chi connectivity index (χ0) is 19.3. The summed E-state index contributed by atoms with van der Waals surface area (Å²) >= 11 is 0. The number of amides is 1. The fourth-order valence-corrected chi connectivity index (χ4v) is 3.05. The highest BCUT2D eigenvalue weighted by Crippen LogP contribution is 2.32. The van der Waals surface area contributed by atoms with Crippen molar-refractivity contribution >= 4 is 23.3 Å². The molecule has 1 aliphatic heterocycles. The summed E-state index contributed by atoms with van der Waals surface area (Å²) in [5, 5.41) is 14.1. The normalized spacial score (nSPS) is 17.1. The van der Waals surface area contributed by atoms with Gasteiger partial charge in [0.2, 0.25) is 0 Å². The zero-order valence-corrected chi connectivity index (χ0v) is 15.4. The monoisotopic (exact) mass is 363 g/mol. The smallest absolute Gasteiger partial charge is 0.338 e. The molecule has 0 radical (unpaired) electrons. The molecule has 0 saturated carbocycles. The van der Waals surface area contributed by atoms with Gasteiger partial charge in [-0.3, -0.25) is 14.9 Å². The lowest BCUT2D eigenvalue weighted by Gasteiger charge is -2.32. The van der Waals surface area contributed by atoms with E-state index in [4.69, 9.17) is 4.74 Å². The van der Waals surface area contributed by atoms with E-state index in [1.807, 2.05) is 4.90 Å². The van der Waals surface area contributed by atoms with Crippen molar-refractivity contribution < 1.29 is 19.2 Å². The van der Waals surface area contributed by atoms with Crippen LogP contribution in [0.2, 0.25) is 0 Å². The summed E-state index contributed by atoms with van der Waals surface area (Å²) in [5.41, 5.74) is 0.443. The van der Waals surface area contributed by atoms with Gasteiger partial charge >= 0.3 is 5.97 Å². The highest BCUT2D eigenvalue weighted by atomic mass is 16.6. The van der Waals surface area contributed by atoms with Gasteiger partial charge in [-0.25, -0.2) is 4.79 Å². The van der Waals surface area contributed by atoms with Gasteiger partial charge < -0.3 is 15.0 Å². The number of nitro groups is 1. The maximum Gasteiger partial charge on any atom is 0.338 e. The molecule has 1 N–H and O–H groups in total. The van der Waals surface area contributed by atoms with Crippen LogP contribution in [0.15, 0.2) is 18.2 Å². The van der Waals surface area contributed by atoms with E-state index in [1.165, 1.54) is 12.1 Å². The van der Waals surface area contributed by atoms with Gasteiger partial charge in [-0.15, -0.1) is 0 Å². The van der Waals surface area contributed by atoms with E-state index in [-0.39, 0.29) is 17.3 Å². The largest absolute Gasteiger partial charge is 0.452 e. The summed E-state index contributed by atoms with van der Waals surface area (Å²) in [6.07, 6.45) is 2.08. The van der Waals surface area contributed by atoms with Gasteiger partial charge in [0.05, 0.1) is 10.5 Å². The molecule has 2 rings (SSSR count). The number of piperidine rings is 1. The summed E-state index contributed by atoms with van der Waals surface area (Å²) in [7, 11) is 0. The quantitative estimate of drug-likeness (QED) is 0.473. The van der Waals surface area contributed by atoms with Crippen molar-refractivity contribution in [1.82, 2.24) is 5.32 Å². The molecule has 0 spiro atoms. The Balaban J connectivity index is 2.13. The lowest BCUT2D eigenvalue weighted by molar-refractivity contribution is -0.384. The molecule has 1 aromatic rings. The Bertz CT molecular complexity index is 689. The summed E-state index contributed by atoms with van der Waals surface area (Å²) in [5.74, 6) is -0.709. The van der Waals surface area contributed by atoms with Gasteiger partial charge in [-0.05, 0) is 44.7 Å². The number of ether oxygens (including phenoxy) is 1. The number of hydrogen-bond acceptors (Lipinski definition) is 6. The van der Waals surface area contributed by atoms with E-state index in [9.17, 15) is 19.7 Å². The van der Waals surface area contributed by atoms with Crippen molar-refractivity contribution in [3.63, 3.8) is 0 Å². The van der Waals surface area contributed by atoms with E-state index in [1.54, 1.807) is 19.9 Å². The van der Waals surface area contributed by atoms with Crippen LogP contribution in [0.1, 0.15) is 44.0 Å². The Morgan fingerprint density at radius 1 is 1.42 bits per heavy atom. The van der Waals surface area contributed by atoms with Gasteiger partial charge in [0.25, 0.3) is 11.6 Å². The molecule has 26 heavy (non-hydrogen) atoms. The first-order valence-electron chi connectivity index (χ1n) is 8.77. The van der Waals surface area contributed by atoms with Crippen molar-refractivity contribution in [2.24, 2.45) is 5.92 Å². The average Bonchev–Trinajstić information content (AvgIpc) is 2.58. The second kappa shape index (κ2) is 8.64. The summed E-state index contributed by atoms with van der Waals surface area (Å²) < 4.78 is 4.94. The van der Waals surface area contributed by atoms with E-state index >= 15 is 0 Å². The van der Waals surface area contributed by atoms with Gasteiger partial charge in [-0.1, -0.05) is 6.92 Å². The number of nitrogens with one attached hydrogen (secondary N) is 1. The van der Waals surface area contributed by atoms with Crippen LogP contribution in [-0.4, -0.2) is 42.5 Å². The van der Waals surface area contributed by atoms with Crippen LogP contribution in [-0.2, 0) is 9.53 Å². The number of carbonyl (C=O) groups is 2.